The minimum absolute atomic E-state index is 0.0506. The number of carboxylic acid groups (broad SMARTS) is 1. The van der Waals surface area contributed by atoms with E-state index in [0.29, 0.717) is 6.61 Å². The van der Waals surface area contributed by atoms with Crippen LogP contribution in [0.3, 0.4) is 0 Å². The molecule has 118 valence electrons. The van der Waals surface area contributed by atoms with Crippen LogP contribution in [0.25, 0.3) is 0 Å². The maximum atomic E-state index is 10.7. The first-order valence-electron chi connectivity index (χ1n) is 8.16. The van der Waals surface area contributed by atoms with E-state index < -0.39 is 5.97 Å². The molecule has 1 aromatic carbocycles. The number of aliphatic carboxylic acids is 1. The molecule has 0 saturated heterocycles. The Morgan fingerprint density at radius 2 is 1.71 bits per heavy atom. The minimum Gasteiger partial charge on any atom is -0.494 e. The van der Waals surface area contributed by atoms with E-state index >= 15 is 0 Å². The van der Waals surface area contributed by atoms with E-state index in [2.05, 4.69) is 6.92 Å². The summed E-state index contributed by atoms with van der Waals surface area (Å²) in [6, 6.07) is 7.37. The van der Waals surface area contributed by atoms with Crippen molar-refractivity contribution in [3.05, 3.63) is 29.8 Å². The predicted octanol–water partition coefficient (Wildman–Crippen LogP) is 4.83. The molecule has 0 heterocycles. The van der Waals surface area contributed by atoms with Gasteiger partial charge in [0.2, 0.25) is 0 Å². The summed E-state index contributed by atoms with van der Waals surface area (Å²) in [5.41, 5.74) is 0.788. The zero-order chi connectivity index (χ0) is 15.3. The van der Waals surface area contributed by atoms with Crippen molar-refractivity contribution in [1.82, 2.24) is 0 Å². The van der Waals surface area contributed by atoms with E-state index in [0.717, 1.165) is 17.7 Å². The van der Waals surface area contributed by atoms with Gasteiger partial charge in [-0.1, -0.05) is 64.0 Å². The number of carboxylic acids is 1. The Morgan fingerprint density at radius 3 is 2.38 bits per heavy atom. The number of carbonyl (C=O) groups is 1. The van der Waals surface area contributed by atoms with Crippen molar-refractivity contribution in [2.24, 2.45) is 0 Å². The number of hydrogen-bond acceptors (Lipinski definition) is 2. The van der Waals surface area contributed by atoms with Gasteiger partial charge in [-0.2, -0.15) is 0 Å². The van der Waals surface area contributed by atoms with Crippen molar-refractivity contribution < 1.29 is 14.6 Å². The lowest BCUT2D eigenvalue weighted by Crippen LogP contribution is -2.01. The van der Waals surface area contributed by atoms with Crippen LogP contribution in [0.2, 0.25) is 0 Å². The van der Waals surface area contributed by atoms with Crippen molar-refractivity contribution in [2.75, 3.05) is 6.61 Å². The molecule has 1 N–H and O–H groups in total. The SMILES string of the molecule is CCCCCCCCCCOc1cccc(CC(=O)O)c1. The normalized spacial score (nSPS) is 10.5. The van der Waals surface area contributed by atoms with Gasteiger partial charge in [-0.3, -0.25) is 4.79 Å². The van der Waals surface area contributed by atoms with E-state index in [4.69, 9.17) is 9.84 Å². The third kappa shape index (κ3) is 9.11. The second-order valence-electron chi connectivity index (χ2n) is 5.54. The molecular formula is C18H28O3. The molecule has 21 heavy (non-hydrogen) atoms. The lowest BCUT2D eigenvalue weighted by Gasteiger charge is -2.07. The van der Waals surface area contributed by atoms with Crippen LogP contribution < -0.4 is 4.74 Å². The van der Waals surface area contributed by atoms with Gasteiger partial charge in [0.05, 0.1) is 13.0 Å². The smallest absolute Gasteiger partial charge is 0.307 e. The number of ether oxygens (including phenoxy) is 1. The van der Waals surface area contributed by atoms with Crippen LogP contribution in [0.15, 0.2) is 24.3 Å². The molecule has 0 spiro atoms. The highest BCUT2D eigenvalue weighted by molar-refractivity contribution is 5.70. The van der Waals surface area contributed by atoms with Gasteiger partial charge < -0.3 is 9.84 Å². The van der Waals surface area contributed by atoms with Gasteiger partial charge in [-0.25, -0.2) is 0 Å². The molecule has 1 aromatic rings. The Morgan fingerprint density at radius 1 is 1.05 bits per heavy atom. The van der Waals surface area contributed by atoms with Gasteiger partial charge >= 0.3 is 5.97 Å². The Kier molecular flexibility index (Phi) is 9.34. The Hall–Kier alpha value is -1.51. The highest BCUT2D eigenvalue weighted by Gasteiger charge is 2.02. The summed E-state index contributed by atoms with van der Waals surface area (Å²) in [7, 11) is 0. The van der Waals surface area contributed by atoms with Gasteiger partial charge in [0.1, 0.15) is 5.75 Å². The third-order valence-electron chi connectivity index (χ3n) is 3.52. The first kappa shape index (κ1) is 17.5. The molecule has 0 saturated carbocycles. The fraction of sp³-hybridized carbons (Fsp3) is 0.611. The quantitative estimate of drug-likeness (QED) is 0.561. The lowest BCUT2D eigenvalue weighted by atomic mass is 10.1. The number of benzene rings is 1. The van der Waals surface area contributed by atoms with Crippen LogP contribution in [-0.4, -0.2) is 17.7 Å². The molecule has 3 heteroatoms. The van der Waals surface area contributed by atoms with E-state index in [9.17, 15) is 4.79 Å². The molecular weight excluding hydrogens is 264 g/mol. The monoisotopic (exact) mass is 292 g/mol. The maximum Gasteiger partial charge on any atom is 0.307 e. The summed E-state index contributed by atoms with van der Waals surface area (Å²) in [6.07, 6.45) is 10.3. The van der Waals surface area contributed by atoms with Crippen LogP contribution in [0.4, 0.5) is 0 Å². The first-order chi connectivity index (χ1) is 10.2. The molecule has 0 aliphatic rings. The zero-order valence-corrected chi connectivity index (χ0v) is 13.1. The van der Waals surface area contributed by atoms with Crippen LogP contribution in [0.5, 0.6) is 5.75 Å². The van der Waals surface area contributed by atoms with E-state index in [1.807, 2.05) is 24.3 Å². The van der Waals surface area contributed by atoms with Gasteiger partial charge in [-0.15, -0.1) is 0 Å². The Bertz CT molecular complexity index is 401. The van der Waals surface area contributed by atoms with Crippen LogP contribution in [0, 0.1) is 0 Å². The average Bonchev–Trinajstić information content (AvgIpc) is 2.45. The van der Waals surface area contributed by atoms with Gasteiger partial charge in [0.25, 0.3) is 0 Å². The fourth-order valence-corrected chi connectivity index (χ4v) is 2.35. The molecule has 0 amide bonds. The molecule has 1 rings (SSSR count). The molecule has 0 aliphatic heterocycles. The van der Waals surface area contributed by atoms with E-state index in [-0.39, 0.29) is 6.42 Å². The minimum atomic E-state index is -0.810. The molecule has 0 bridgehead atoms. The Balaban J connectivity index is 2.08. The zero-order valence-electron chi connectivity index (χ0n) is 13.1. The largest absolute Gasteiger partial charge is 0.494 e. The van der Waals surface area contributed by atoms with Gasteiger partial charge in [-0.05, 0) is 24.1 Å². The standard InChI is InChI=1S/C18H28O3/c1-2-3-4-5-6-7-8-9-13-21-17-12-10-11-16(14-17)15-18(19)20/h10-12,14H,2-9,13,15H2,1H3,(H,19,20). The lowest BCUT2D eigenvalue weighted by molar-refractivity contribution is -0.136. The van der Waals surface area contributed by atoms with Crippen molar-refractivity contribution in [1.29, 1.82) is 0 Å². The summed E-state index contributed by atoms with van der Waals surface area (Å²) in [5.74, 6) is -0.0353. The summed E-state index contributed by atoms with van der Waals surface area (Å²) in [5, 5.41) is 8.77. The second-order valence-corrected chi connectivity index (χ2v) is 5.54. The predicted molar refractivity (Wildman–Crippen MR) is 85.9 cm³/mol. The topological polar surface area (TPSA) is 46.5 Å². The average molecular weight is 292 g/mol. The van der Waals surface area contributed by atoms with E-state index in [1.165, 1.54) is 44.9 Å². The first-order valence-corrected chi connectivity index (χ1v) is 8.16. The van der Waals surface area contributed by atoms with Crippen molar-refractivity contribution >= 4 is 5.97 Å². The Labute approximate surface area is 128 Å². The molecule has 3 nitrogen and oxygen atoms in total. The van der Waals surface area contributed by atoms with Gasteiger partial charge in [0.15, 0.2) is 0 Å². The van der Waals surface area contributed by atoms with Crippen molar-refractivity contribution in [3.63, 3.8) is 0 Å². The molecule has 0 aromatic heterocycles. The third-order valence-corrected chi connectivity index (χ3v) is 3.52. The summed E-state index contributed by atoms with van der Waals surface area (Å²) >= 11 is 0. The molecule has 0 aliphatic carbocycles. The molecule has 0 radical (unpaired) electrons. The number of unbranched alkanes of at least 4 members (excludes halogenated alkanes) is 7. The summed E-state index contributed by atoms with van der Waals surface area (Å²) in [4.78, 5) is 10.7. The van der Waals surface area contributed by atoms with Crippen molar-refractivity contribution in [2.45, 2.75) is 64.7 Å². The maximum absolute atomic E-state index is 10.7. The summed E-state index contributed by atoms with van der Waals surface area (Å²) < 4.78 is 5.68. The fourth-order valence-electron chi connectivity index (χ4n) is 2.35. The van der Waals surface area contributed by atoms with Crippen LogP contribution >= 0.6 is 0 Å². The molecule has 0 fully saturated rings. The highest BCUT2D eigenvalue weighted by atomic mass is 16.5. The summed E-state index contributed by atoms with van der Waals surface area (Å²) in [6.45, 7) is 2.95. The molecule has 0 unspecified atom stereocenters. The highest BCUT2D eigenvalue weighted by Crippen LogP contribution is 2.15. The van der Waals surface area contributed by atoms with E-state index in [1.54, 1.807) is 0 Å². The van der Waals surface area contributed by atoms with Crippen LogP contribution in [0.1, 0.15) is 63.9 Å². The number of hydrogen-bond donors (Lipinski definition) is 1. The molecule has 0 atom stereocenters. The van der Waals surface area contributed by atoms with Crippen LogP contribution in [-0.2, 0) is 11.2 Å². The number of rotatable bonds is 12. The van der Waals surface area contributed by atoms with Crippen molar-refractivity contribution in [3.8, 4) is 5.75 Å². The second kappa shape index (κ2) is 11.2. The van der Waals surface area contributed by atoms with Gasteiger partial charge in [0, 0.05) is 0 Å².